The Morgan fingerprint density at radius 2 is 1.88 bits per heavy atom. The molecule has 2 atom stereocenters. The molecule has 1 saturated heterocycles. The highest BCUT2D eigenvalue weighted by Gasteiger charge is 2.38. The van der Waals surface area contributed by atoms with Crippen molar-refractivity contribution in [3.05, 3.63) is 35.8 Å². The molecule has 6 nitrogen and oxygen atoms in total. The summed E-state index contributed by atoms with van der Waals surface area (Å²) in [5.41, 5.74) is 3.39. The van der Waals surface area contributed by atoms with Gasteiger partial charge in [-0.15, -0.1) is 0 Å². The van der Waals surface area contributed by atoms with Gasteiger partial charge in [0.1, 0.15) is 5.82 Å². The van der Waals surface area contributed by atoms with Crippen LogP contribution in [0.3, 0.4) is 0 Å². The summed E-state index contributed by atoms with van der Waals surface area (Å²) in [6.07, 6.45) is 11.3. The maximum atomic E-state index is 12.4. The number of amides is 1. The third-order valence-corrected chi connectivity index (χ3v) is 5.91. The number of hydrogen-bond acceptors (Lipinski definition) is 5. The van der Waals surface area contributed by atoms with Crippen molar-refractivity contribution in [2.75, 3.05) is 11.4 Å². The van der Waals surface area contributed by atoms with Crippen molar-refractivity contribution in [2.24, 2.45) is 0 Å². The summed E-state index contributed by atoms with van der Waals surface area (Å²) in [4.78, 5) is 28.5. The molecule has 26 heavy (non-hydrogen) atoms. The molecule has 1 amide bonds. The third kappa shape index (κ3) is 2.64. The van der Waals surface area contributed by atoms with Crippen LogP contribution in [0.4, 0.5) is 5.82 Å². The summed E-state index contributed by atoms with van der Waals surface area (Å²) in [7, 11) is 0. The van der Waals surface area contributed by atoms with Gasteiger partial charge in [0.05, 0.1) is 12.6 Å². The van der Waals surface area contributed by atoms with E-state index in [0.717, 1.165) is 55.0 Å². The smallest absolute Gasteiger partial charge is 0.239 e. The van der Waals surface area contributed by atoms with Gasteiger partial charge in [0, 0.05) is 35.3 Å². The first-order valence-electron chi connectivity index (χ1n) is 9.66. The van der Waals surface area contributed by atoms with E-state index in [-0.39, 0.29) is 11.9 Å². The number of aromatic nitrogens is 3. The molecule has 1 aliphatic heterocycles. The molecule has 134 valence electrons. The molecular weight excluding hydrogens is 326 g/mol. The maximum Gasteiger partial charge on any atom is 0.239 e. The zero-order chi connectivity index (χ0) is 17.5. The molecule has 2 aromatic rings. The number of piperazine rings is 1. The standard InChI is InChI=1S/C20H23N5O/c26-18-12-25(17-7-2-1-5-16(17)22-18)20-14-4-3-6-15(14)23-19(24-20)13-8-10-21-11-9-13/h8-11,16-17H,1-7,12H2,(H,22,26)/t16-,17-/m1/s1. The van der Waals surface area contributed by atoms with Crippen molar-refractivity contribution in [2.45, 2.75) is 57.0 Å². The minimum absolute atomic E-state index is 0.115. The number of aryl methyl sites for hydroxylation is 1. The van der Waals surface area contributed by atoms with Crippen LogP contribution < -0.4 is 10.2 Å². The molecule has 0 radical (unpaired) electrons. The van der Waals surface area contributed by atoms with E-state index in [1.807, 2.05) is 12.1 Å². The summed E-state index contributed by atoms with van der Waals surface area (Å²) in [6, 6.07) is 4.51. The van der Waals surface area contributed by atoms with Crippen LogP contribution in [0, 0.1) is 0 Å². The Morgan fingerprint density at radius 3 is 2.77 bits per heavy atom. The summed E-state index contributed by atoms with van der Waals surface area (Å²) >= 11 is 0. The average molecular weight is 349 g/mol. The van der Waals surface area contributed by atoms with Gasteiger partial charge in [-0.2, -0.15) is 0 Å². The SMILES string of the molecule is O=C1CN(c2nc(-c3ccncc3)nc3c2CCC3)[C@@H]2CCCC[C@H]2N1. The van der Waals surface area contributed by atoms with Gasteiger partial charge in [-0.05, 0) is 44.2 Å². The van der Waals surface area contributed by atoms with Crippen LogP contribution in [0.25, 0.3) is 11.4 Å². The summed E-state index contributed by atoms with van der Waals surface area (Å²) < 4.78 is 0. The number of pyridine rings is 1. The second-order valence-electron chi connectivity index (χ2n) is 7.54. The Balaban J connectivity index is 1.61. The number of anilines is 1. The quantitative estimate of drug-likeness (QED) is 0.901. The highest BCUT2D eigenvalue weighted by Crippen LogP contribution is 2.36. The molecule has 3 aliphatic rings. The molecule has 0 spiro atoms. The van der Waals surface area contributed by atoms with Crippen LogP contribution in [-0.2, 0) is 17.6 Å². The Labute approximate surface area is 153 Å². The fourth-order valence-corrected chi connectivity index (χ4v) is 4.69. The van der Waals surface area contributed by atoms with E-state index in [9.17, 15) is 4.79 Å². The normalized spacial score (nSPS) is 24.8. The minimum Gasteiger partial charge on any atom is -0.350 e. The lowest BCUT2D eigenvalue weighted by atomic mass is 9.87. The zero-order valence-electron chi connectivity index (χ0n) is 14.8. The minimum atomic E-state index is 0.115. The van der Waals surface area contributed by atoms with Crippen molar-refractivity contribution in [3.63, 3.8) is 0 Å². The predicted molar refractivity (Wildman–Crippen MR) is 98.8 cm³/mol. The second-order valence-corrected chi connectivity index (χ2v) is 7.54. The average Bonchev–Trinajstić information content (AvgIpc) is 3.16. The first kappa shape index (κ1) is 15.7. The van der Waals surface area contributed by atoms with E-state index in [0.29, 0.717) is 12.6 Å². The van der Waals surface area contributed by atoms with Crippen LogP contribution in [0.1, 0.15) is 43.4 Å². The molecule has 2 aliphatic carbocycles. The number of rotatable bonds is 2. The van der Waals surface area contributed by atoms with Gasteiger partial charge < -0.3 is 10.2 Å². The topological polar surface area (TPSA) is 71.0 Å². The van der Waals surface area contributed by atoms with Crippen molar-refractivity contribution >= 4 is 11.7 Å². The lowest BCUT2D eigenvalue weighted by molar-refractivity contribution is -0.122. The zero-order valence-corrected chi connectivity index (χ0v) is 14.8. The first-order chi connectivity index (χ1) is 12.8. The van der Waals surface area contributed by atoms with Crippen LogP contribution in [0.15, 0.2) is 24.5 Å². The van der Waals surface area contributed by atoms with Crippen molar-refractivity contribution in [1.82, 2.24) is 20.3 Å². The van der Waals surface area contributed by atoms with Crippen molar-refractivity contribution in [1.29, 1.82) is 0 Å². The molecule has 1 saturated carbocycles. The van der Waals surface area contributed by atoms with Crippen molar-refractivity contribution < 1.29 is 4.79 Å². The molecule has 6 heteroatoms. The van der Waals surface area contributed by atoms with Gasteiger partial charge in [-0.25, -0.2) is 9.97 Å². The second kappa shape index (κ2) is 6.34. The number of nitrogens with one attached hydrogen (secondary N) is 1. The monoisotopic (exact) mass is 349 g/mol. The van der Waals surface area contributed by atoms with E-state index in [4.69, 9.17) is 9.97 Å². The molecule has 5 rings (SSSR count). The van der Waals surface area contributed by atoms with E-state index in [1.54, 1.807) is 12.4 Å². The Morgan fingerprint density at radius 1 is 1.04 bits per heavy atom. The number of fused-ring (bicyclic) bond motifs is 2. The molecular formula is C20H23N5O. The van der Waals surface area contributed by atoms with Crippen LogP contribution in [0.5, 0.6) is 0 Å². The molecule has 0 bridgehead atoms. The number of nitrogens with zero attached hydrogens (tertiary/aromatic N) is 4. The van der Waals surface area contributed by atoms with Crippen LogP contribution in [-0.4, -0.2) is 39.5 Å². The highest BCUT2D eigenvalue weighted by atomic mass is 16.2. The molecule has 2 aromatic heterocycles. The largest absolute Gasteiger partial charge is 0.350 e. The fraction of sp³-hybridized carbons (Fsp3) is 0.500. The highest BCUT2D eigenvalue weighted by molar-refractivity contribution is 5.84. The van der Waals surface area contributed by atoms with E-state index >= 15 is 0 Å². The summed E-state index contributed by atoms with van der Waals surface area (Å²) in [6.45, 7) is 0.403. The fourth-order valence-electron chi connectivity index (χ4n) is 4.69. The molecule has 2 fully saturated rings. The Hall–Kier alpha value is -2.50. The van der Waals surface area contributed by atoms with Gasteiger partial charge in [0.2, 0.25) is 5.91 Å². The van der Waals surface area contributed by atoms with Crippen molar-refractivity contribution in [3.8, 4) is 11.4 Å². The van der Waals surface area contributed by atoms with Crippen LogP contribution in [0.2, 0.25) is 0 Å². The van der Waals surface area contributed by atoms with Crippen LogP contribution >= 0.6 is 0 Å². The third-order valence-electron chi connectivity index (χ3n) is 5.91. The van der Waals surface area contributed by atoms with Gasteiger partial charge in [-0.1, -0.05) is 12.8 Å². The van der Waals surface area contributed by atoms with Gasteiger partial charge >= 0.3 is 0 Å². The number of carbonyl (C=O) groups is 1. The van der Waals surface area contributed by atoms with Gasteiger partial charge in [-0.3, -0.25) is 9.78 Å². The maximum absolute atomic E-state index is 12.4. The lowest BCUT2D eigenvalue weighted by Crippen LogP contribution is -2.62. The summed E-state index contributed by atoms with van der Waals surface area (Å²) in [5, 5.41) is 3.20. The van der Waals surface area contributed by atoms with Gasteiger partial charge in [0.25, 0.3) is 0 Å². The van der Waals surface area contributed by atoms with E-state index in [1.165, 1.54) is 18.4 Å². The van der Waals surface area contributed by atoms with E-state index in [2.05, 4.69) is 15.2 Å². The predicted octanol–water partition coefficient (Wildman–Crippen LogP) is 2.27. The summed E-state index contributed by atoms with van der Waals surface area (Å²) in [5.74, 6) is 1.86. The Kier molecular flexibility index (Phi) is 3.84. The number of carbonyl (C=O) groups excluding carboxylic acids is 1. The number of hydrogen-bond donors (Lipinski definition) is 1. The molecule has 0 unspecified atom stereocenters. The molecule has 0 aromatic carbocycles. The lowest BCUT2D eigenvalue weighted by Gasteiger charge is -2.45. The Bertz CT molecular complexity index is 838. The van der Waals surface area contributed by atoms with Gasteiger partial charge in [0.15, 0.2) is 5.82 Å². The molecule has 3 heterocycles. The van der Waals surface area contributed by atoms with E-state index < -0.39 is 0 Å². The first-order valence-corrected chi connectivity index (χ1v) is 9.66. The molecule has 1 N–H and O–H groups in total.